The van der Waals surface area contributed by atoms with Gasteiger partial charge in [-0.15, -0.1) is 0 Å². The number of benzene rings is 1. The van der Waals surface area contributed by atoms with Gasteiger partial charge in [-0.1, -0.05) is 12.1 Å². The molecule has 5 nitrogen and oxygen atoms in total. The Balaban J connectivity index is 1.71. The van der Waals surface area contributed by atoms with Gasteiger partial charge in [-0.2, -0.15) is 5.10 Å². The number of nitrogens with two attached hydrogens (primary N) is 1. The highest BCUT2D eigenvalue weighted by atomic mass is 16.5. The second kappa shape index (κ2) is 7.87. The lowest BCUT2D eigenvalue weighted by atomic mass is 10.2. The summed E-state index contributed by atoms with van der Waals surface area (Å²) in [6.07, 6.45) is 2.66. The predicted octanol–water partition coefficient (Wildman–Crippen LogP) is 0.995. The molecule has 1 saturated heterocycles. The van der Waals surface area contributed by atoms with Crippen molar-refractivity contribution in [3.05, 3.63) is 29.8 Å². The molecule has 0 aromatic heterocycles. The largest absolute Gasteiger partial charge is 0.493 e. The zero-order chi connectivity index (χ0) is 14.2. The Labute approximate surface area is 121 Å². The number of hydrogen-bond acceptors (Lipinski definition) is 5. The number of nitrogens with zero attached hydrogens (tertiary/aromatic N) is 3. The Morgan fingerprint density at radius 3 is 2.75 bits per heavy atom. The van der Waals surface area contributed by atoms with Crippen molar-refractivity contribution < 1.29 is 4.74 Å². The Hall–Kier alpha value is -1.59. The molecule has 0 aliphatic carbocycles. The third kappa shape index (κ3) is 4.51. The van der Waals surface area contributed by atoms with Gasteiger partial charge in [-0.3, -0.25) is 0 Å². The van der Waals surface area contributed by atoms with Crippen LogP contribution in [0.2, 0.25) is 0 Å². The quantitative estimate of drug-likeness (QED) is 0.364. The Morgan fingerprint density at radius 1 is 1.25 bits per heavy atom. The topological polar surface area (TPSA) is 54.1 Å². The van der Waals surface area contributed by atoms with Gasteiger partial charge in [0.25, 0.3) is 0 Å². The van der Waals surface area contributed by atoms with Crippen LogP contribution in [0.4, 0.5) is 0 Å². The number of para-hydroxylation sites is 1. The van der Waals surface area contributed by atoms with E-state index < -0.39 is 0 Å². The highest BCUT2D eigenvalue weighted by Gasteiger charge is 2.12. The predicted molar refractivity (Wildman–Crippen MR) is 82.3 cm³/mol. The molecule has 1 aliphatic rings. The van der Waals surface area contributed by atoms with E-state index in [9.17, 15) is 0 Å². The molecule has 2 N–H and O–H groups in total. The van der Waals surface area contributed by atoms with E-state index in [1.54, 1.807) is 6.21 Å². The molecule has 2 rings (SSSR count). The third-order valence-electron chi connectivity index (χ3n) is 3.60. The first kappa shape index (κ1) is 14.8. The maximum absolute atomic E-state index is 5.82. The van der Waals surface area contributed by atoms with Crippen LogP contribution in [0, 0.1) is 0 Å². The molecular formula is C15H24N4O. The van der Waals surface area contributed by atoms with Crippen molar-refractivity contribution in [2.45, 2.75) is 6.42 Å². The average Bonchev–Trinajstić information content (AvgIpc) is 2.47. The van der Waals surface area contributed by atoms with Crippen LogP contribution in [0.5, 0.6) is 5.75 Å². The van der Waals surface area contributed by atoms with Crippen LogP contribution in [0.1, 0.15) is 12.0 Å². The van der Waals surface area contributed by atoms with Gasteiger partial charge in [0.05, 0.1) is 12.8 Å². The second-order valence-corrected chi connectivity index (χ2v) is 5.16. The summed E-state index contributed by atoms with van der Waals surface area (Å²) in [4.78, 5) is 4.87. The second-order valence-electron chi connectivity index (χ2n) is 5.16. The highest BCUT2D eigenvalue weighted by molar-refractivity contribution is 5.83. The van der Waals surface area contributed by atoms with Crippen molar-refractivity contribution in [3.63, 3.8) is 0 Å². The van der Waals surface area contributed by atoms with E-state index in [-0.39, 0.29) is 0 Å². The lowest BCUT2D eigenvalue weighted by Gasteiger charge is -2.32. The summed E-state index contributed by atoms with van der Waals surface area (Å²) in [6.45, 7) is 6.47. The van der Waals surface area contributed by atoms with E-state index in [4.69, 9.17) is 10.6 Å². The maximum atomic E-state index is 5.82. The number of ether oxygens (including phenoxy) is 1. The summed E-state index contributed by atoms with van der Waals surface area (Å²) in [5.41, 5.74) is 0.926. The molecule has 1 aromatic carbocycles. The standard InChI is InChI=1S/C15H24N4O/c1-18-8-10-19(11-9-18)7-4-12-20-15-6-3-2-5-14(15)13-17-16/h2-3,5-6,13H,4,7-12,16H2,1H3. The van der Waals surface area contributed by atoms with E-state index >= 15 is 0 Å². The monoisotopic (exact) mass is 276 g/mol. The molecule has 0 radical (unpaired) electrons. The Kier molecular flexibility index (Phi) is 5.83. The first-order chi connectivity index (χ1) is 9.79. The minimum atomic E-state index is 0.724. The molecule has 1 heterocycles. The average molecular weight is 276 g/mol. The van der Waals surface area contributed by atoms with Crippen LogP contribution in [-0.4, -0.2) is 62.4 Å². The van der Waals surface area contributed by atoms with E-state index in [0.717, 1.165) is 57.1 Å². The minimum absolute atomic E-state index is 0.724. The maximum Gasteiger partial charge on any atom is 0.128 e. The molecule has 0 amide bonds. The fraction of sp³-hybridized carbons (Fsp3) is 0.533. The minimum Gasteiger partial charge on any atom is -0.493 e. The number of piperazine rings is 1. The van der Waals surface area contributed by atoms with Gasteiger partial charge in [0.1, 0.15) is 5.75 Å². The van der Waals surface area contributed by atoms with Gasteiger partial charge in [0, 0.05) is 38.3 Å². The molecule has 5 heteroatoms. The zero-order valence-corrected chi connectivity index (χ0v) is 12.2. The van der Waals surface area contributed by atoms with Gasteiger partial charge in [0.15, 0.2) is 0 Å². The number of hydrazone groups is 1. The molecule has 1 fully saturated rings. The SMILES string of the molecule is CN1CCN(CCCOc2ccccc2C=NN)CC1. The highest BCUT2D eigenvalue weighted by Crippen LogP contribution is 2.16. The summed E-state index contributed by atoms with van der Waals surface area (Å²) in [7, 11) is 2.18. The van der Waals surface area contributed by atoms with Crippen LogP contribution in [-0.2, 0) is 0 Å². The van der Waals surface area contributed by atoms with Crippen LogP contribution in [0.15, 0.2) is 29.4 Å². The summed E-state index contributed by atoms with van der Waals surface area (Å²) in [5.74, 6) is 6.04. The van der Waals surface area contributed by atoms with Gasteiger partial charge >= 0.3 is 0 Å². The van der Waals surface area contributed by atoms with Crippen molar-refractivity contribution in [1.82, 2.24) is 9.80 Å². The Bertz CT molecular complexity index is 428. The molecule has 0 spiro atoms. The molecule has 0 bridgehead atoms. The van der Waals surface area contributed by atoms with Crippen LogP contribution in [0.25, 0.3) is 0 Å². The van der Waals surface area contributed by atoms with Crippen molar-refractivity contribution in [2.75, 3.05) is 46.4 Å². The van der Waals surface area contributed by atoms with Gasteiger partial charge in [-0.05, 0) is 25.6 Å². The van der Waals surface area contributed by atoms with Crippen molar-refractivity contribution in [2.24, 2.45) is 10.9 Å². The Morgan fingerprint density at radius 2 is 2.00 bits per heavy atom. The summed E-state index contributed by atoms with van der Waals surface area (Å²) < 4.78 is 5.82. The molecule has 0 saturated carbocycles. The first-order valence-electron chi connectivity index (χ1n) is 7.15. The third-order valence-corrected chi connectivity index (χ3v) is 3.60. The fourth-order valence-electron chi connectivity index (χ4n) is 2.34. The van der Waals surface area contributed by atoms with E-state index in [1.807, 2.05) is 24.3 Å². The van der Waals surface area contributed by atoms with Gasteiger partial charge < -0.3 is 20.4 Å². The smallest absolute Gasteiger partial charge is 0.128 e. The van der Waals surface area contributed by atoms with Crippen LogP contribution in [0.3, 0.4) is 0 Å². The van der Waals surface area contributed by atoms with Crippen LogP contribution >= 0.6 is 0 Å². The summed E-state index contributed by atoms with van der Waals surface area (Å²) >= 11 is 0. The lowest BCUT2D eigenvalue weighted by Crippen LogP contribution is -2.44. The summed E-state index contributed by atoms with van der Waals surface area (Å²) in [5, 5.41) is 3.56. The van der Waals surface area contributed by atoms with Crippen molar-refractivity contribution in [1.29, 1.82) is 0 Å². The zero-order valence-electron chi connectivity index (χ0n) is 12.2. The van der Waals surface area contributed by atoms with Gasteiger partial charge in [0.2, 0.25) is 0 Å². The number of hydrogen-bond donors (Lipinski definition) is 1. The van der Waals surface area contributed by atoms with E-state index in [2.05, 4.69) is 21.9 Å². The number of rotatable bonds is 6. The fourth-order valence-corrected chi connectivity index (χ4v) is 2.34. The van der Waals surface area contributed by atoms with Crippen LogP contribution < -0.4 is 10.6 Å². The van der Waals surface area contributed by atoms with Crippen molar-refractivity contribution >= 4 is 6.21 Å². The molecular weight excluding hydrogens is 252 g/mol. The van der Waals surface area contributed by atoms with E-state index in [1.165, 1.54) is 0 Å². The molecule has 20 heavy (non-hydrogen) atoms. The van der Waals surface area contributed by atoms with Gasteiger partial charge in [-0.25, -0.2) is 0 Å². The van der Waals surface area contributed by atoms with Crippen molar-refractivity contribution in [3.8, 4) is 5.75 Å². The number of likely N-dealkylation sites (N-methyl/N-ethyl adjacent to an activating group) is 1. The molecule has 0 atom stereocenters. The van der Waals surface area contributed by atoms with E-state index in [0.29, 0.717) is 0 Å². The summed E-state index contributed by atoms with van der Waals surface area (Å²) in [6, 6.07) is 7.82. The first-order valence-corrected chi connectivity index (χ1v) is 7.15. The lowest BCUT2D eigenvalue weighted by molar-refractivity contribution is 0.145. The molecule has 1 aromatic rings. The molecule has 0 unspecified atom stereocenters. The molecule has 1 aliphatic heterocycles. The molecule has 110 valence electrons. The normalized spacial score (nSPS) is 17.6.